The van der Waals surface area contributed by atoms with Crippen molar-refractivity contribution in [2.45, 2.75) is 30.7 Å². The van der Waals surface area contributed by atoms with Crippen LogP contribution in [0.3, 0.4) is 0 Å². The van der Waals surface area contributed by atoms with Crippen LogP contribution in [0.4, 0.5) is 0 Å². The smallest absolute Gasteiger partial charge is 0.186 e. The van der Waals surface area contributed by atoms with Crippen molar-refractivity contribution in [2.75, 3.05) is 13.7 Å². The SMILES string of the molecule is CO[C@H]1O[C@H]2CO[C@@H]([C@H]1O)[C@@H]2O. The Morgan fingerprint density at radius 1 is 1.33 bits per heavy atom. The molecule has 0 unspecified atom stereocenters. The molecule has 0 aromatic carbocycles. The highest BCUT2D eigenvalue weighted by Crippen LogP contribution is 2.29. The molecule has 12 heavy (non-hydrogen) atoms. The molecule has 0 radical (unpaired) electrons. The molecule has 5 heteroatoms. The van der Waals surface area contributed by atoms with Crippen molar-refractivity contribution in [1.29, 1.82) is 0 Å². The molecule has 2 aliphatic heterocycles. The molecule has 70 valence electrons. The maximum atomic E-state index is 9.49. The molecule has 2 N–H and O–H groups in total. The van der Waals surface area contributed by atoms with Crippen molar-refractivity contribution in [2.24, 2.45) is 0 Å². The summed E-state index contributed by atoms with van der Waals surface area (Å²) in [7, 11) is 1.45. The molecule has 0 aliphatic carbocycles. The van der Waals surface area contributed by atoms with Crippen LogP contribution in [0.5, 0.6) is 0 Å². The summed E-state index contributed by atoms with van der Waals surface area (Å²) in [5.41, 5.74) is 0. The van der Waals surface area contributed by atoms with Crippen molar-refractivity contribution in [1.82, 2.24) is 0 Å². The summed E-state index contributed by atoms with van der Waals surface area (Å²) in [5, 5.41) is 18.9. The Morgan fingerprint density at radius 3 is 2.75 bits per heavy atom. The first-order valence-electron chi connectivity index (χ1n) is 3.90. The van der Waals surface area contributed by atoms with Crippen LogP contribution in [-0.2, 0) is 14.2 Å². The maximum absolute atomic E-state index is 9.49. The van der Waals surface area contributed by atoms with Gasteiger partial charge in [-0.2, -0.15) is 0 Å². The van der Waals surface area contributed by atoms with E-state index in [-0.39, 0.29) is 6.10 Å². The molecule has 2 aliphatic rings. The van der Waals surface area contributed by atoms with Gasteiger partial charge in [-0.25, -0.2) is 0 Å². The normalized spacial score (nSPS) is 52.8. The lowest BCUT2D eigenvalue weighted by atomic mass is 10.0. The molecule has 0 saturated carbocycles. The molecular formula is C7H12O5. The quantitative estimate of drug-likeness (QED) is 0.507. The summed E-state index contributed by atoms with van der Waals surface area (Å²) in [6, 6.07) is 0. The second-order valence-corrected chi connectivity index (χ2v) is 3.06. The van der Waals surface area contributed by atoms with Gasteiger partial charge in [0.2, 0.25) is 0 Å². The Labute approximate surface area is 69.8 Å². The molecule has 2 fully saturated rings. The number of fused-ring (bicyclic) bond motifs is 2. The lowest BCUT2D eigenvalue weighted by molar-refractivity contribution is -0.253. The Bertz CT molecular complexity index is 173. The van der Waals surface area contributed by atoms with E-state index in [2.05, 4.69) is 0 Å². The minimum Gasteiger partial charge on any atom is -0.387 e. The van der Waals surface area contributed by atoms with Crippen LogP contribution in [0.2, 0.25) is 0 Å². The average molecular weight is 176 g/mol. The van der Waals surface area contributed by atoms with Gasteiger partial charge < -0.3 is 24.4 Å². The summed E-state index contributed by atoms with van der Waals surface area (Å²) in [6.45, 7) is 0.322. The van der Waals surface area contributed by atoms with Gasteiger partial charge in [0.05, 0.1) is 6.61 Å². The predicted molar refractivity (Wildman–Crippen MR) is 37.4 cm³/mol. The van der Waals surface area contributed by atoms with Gasteiger partial charge in [-0.05, 0) is 0 Å². The standard InChI is InChI=1S/C7H12O5/c1-10-7-5(9)6-4(8)3(12-7)2-11-6/h3-9H,2H2,1H3/t3-,4+,5+,6+,7-/m0/s1. The molecular weight excluding hydrogens is 164 g/mol. The van der Waals surface area contributed by atoms with Gasteiger partial charge in [0, 0.05) is 7.11 Å². The van der Waals surface area contributed by atoms with Gasteiger partial charge in [0.1, 0.15) is 24.4 Å². The second-order valence-electron chi connectivity index (χ2n) is 3.06. The van der Waals surface area contributed by atoms with Crippen molar-refractivity contribution in [3.8, 4) is 0 Å². The number of rotatable bonds is 1. The summed E-state index contributed by atoms with van der Waals surface area (Å²) in [4.78, 5) is 0. The number of hydrogen-bond donors (Lipinski definition) is 2. The fourth-order valence-electron chi connectivity index (χ4n) is 1.64. The zero-order chi connectivity index (χ0) is 8.72. The van der Waals surface area contributed by atoms with Crippen LogP contribution < -0.4 is 0 Å². The topological polar surface area (TPSA) is 68.2 Å². The van der Waals surface area contributed by atoms with E-state index in [1.54, 1.807) is 0 Å². The fraction of sp³-hybridized carbons (Fsp3) is 1.00. The van der Waals surface area contributed by atoms with Crippen LogP contribution in [0.1, 0.15) is 0 Å². The van der Waals surface area contributed by atoms with Crippen molar-refractivity contribution < 1.29 is 24.4 Å². The molecule has 5 atom stereocenters. The van der Waals surface area contributed by atoms with Gasteiger partial charge in [-0.15, -0.1) is 0 Å². The van der Waals surface area contributed by atoms with Crippen molar-refractivity contribution >= 4 is 0 Å². The minimum atomic E-state index is -0.899. The van der Waals surface area contributed by atoms with E-state index < -0.39 is 24.6 Å². The van der Waals surface area contributed by atoms with Crippen LogP contribution in [-0.4, -0.2) is 54.6 Å². The summed E-state index contributed by atoms with van der Waals surface area (Å²) >= 11 is 0. The third-order valence-corrected chi connectivity index (χ3v) is 2.33. The number of aliphatic hydroxyl groups is 2. The van der Waals surface area contributed by atoms with Crippen molar-refractivity contribution in [3.05, 3.63) is 0 Å². The number of ether oxygens (including phenoxy) is 3. The zero-order valence-electron chi connectivity index (χ0n) is 6.71. The van der Waals surface area contributed by atoms with Crippen LogP contribution >= 0.6 is 0 Å². The Morgan fingerprint density at radius 2 is 2.08 bits per heavy atom. The maximum Gasteiger partial charge on any atom is 0.186 e. The van der Waals surface area contributed by atoms with Gasteiger partial charge in [-0.1, -0.05) is 0 Å². The molecule has 5 nitrogen and oxygen atoms in total. The van der Waals surface area contributed by atoms with Gasteiger partial charge in [-0.3, -0.25) is 0 Å². The van der Waals surface area contributed by atoms with E-state index in [1.807, 2.05) is 0 Å². The predicted octanol–water partition coefficient (Wildman–Crippen LogP) is -1.52. The average Bonchev–Trinajstić information content (AvgIpc) is 2.31. The van der Waals surface area contributed by atoms with E-state index in [0.29, 0.717) is 6.61 Å². The largest absolute Gasteiger partial charge is 0.387 e. The Hall–Kier alpha value is -0.200. The van der Waals surface area contributed by atoms with E-state index >= 15 is 0 Å². The van der Waals surface area contributed by atoms with Crippen LogP contribution in [0.15, 0.2) is 0 Å². The molecule has 2 saturated heterocycles. The lowest BCUT2D eigenvalue weighted by Crippen LogP contribution is -2.53. The highest BCUT2D eigenvalue weighted by Gasteiger charge is 2.50. The molecule has 2 heterocycles. The van der Waals surface area contributed by atoms with Crippen molar-refractivity contribution in [3.63, 3.8) is 0 Å². The second kappa shape index (κ2) is 2.93. The molecule has 0 aromatic heterocycles. The van der Waals surface area contributed by atoms with E-state index in [9.17, 15) is 10.2 Å². The van der Waals surface area contributed by atoms with E-state index in [0.717, 1.165) is 0 Å². The first-order chi connectivity index (χ1) is 5.74. The summed E-state index contributed by atoms with van der Waals surface area (Å²) in [6.07, 6.45) is -3.22. The lowest BCUT2D eigenvalue weighted by Gasteiger charge is -2.33. The van der Waals surface area contributed by atoms with Gasteiger partial charge in [0.15, 0.2) is 6.29 Å². The molecule has 2 rings (SSSR count). The summed E-state index contributed by atoms with van der Waals surface area (Å²) in [5.74, 6) is 0. The van der Waals surface area contributed by atoms with Gasteiger partial charge in [0.25, 0.3) is 0 Å². The Balaban J connectivity index is 2.12. The molecule has 0 aromatic rings. The third kappa shape index (κ3) is 1.06. The Kier molecular flexibility index (Phi) is 2.05. The number of methoxy groups -OCH3 is 1. The minimum absolute atomic E-state index is 0.322. The summed E-state index contributed by atoms with van der Waals surface area (Å²) < 4.78 is 15.2. The fourth-order valence-corrected chi connectivity index (χ4v) is 1.64. The number of aliphatic hydroxyl groups excluding tert-OH is 2. The molecule has 0 amide bonds. The highest BCUT2D eigenvalue weighted by atomic mass is 16.7. The van der Waals surface area contributed by atoms with Gasteiger partial charge >= 0.3 is 0 Å². The monoisotopic (exact) mass is 176 g/mol. The molecule has 2 bridgehead atoms. The first-order valence-corrected chi connectivity index (χ1v) is 3.90. The van der Waals surface area contributed by atoms with E-state index in [1.165, 1.54) is 7.11 Å². The number of hydrogen-bond acceptors (Lipinski definition) is 5. The zero-order valence-corrected chi connectivity index (χ0v) is 6.71. The highest BCUT2D eigenvalue weighted by molar-refractivity contribution is 4.94. The third-order valence-electron chi connectivity index (χ3n) is 2.33. The molecule has 0 spiro atoms. The first kappa shape index (κ1) is 8.40. The van der Waals surface area contributed by atoms with Crippen LogP contribution in [0.25, 0.3) is 0 Å². The van der Waals surface area contributed by atoms with E-state index in [4.69, 9.17) is 14.2 Å². The van der Waals surface area contributed by atoms with Crippen LogP contribution in [0, 0.1) is 0 Å².